The molecule has 1 N–H and O–H groups in total. The summed E-state index contributed by atoms with van der Waals surface area (Å²) in [4.78, 5) is 37.8. The maximum atomic E-state index is 12.8. The van der Waals surface area contributed by atoms with Gasteiger partial charge in [-0.05, 0) is 36.6 Å². The Morgan fingerprint density at radius 3 is 2.86 bits per heavy atom. The van der Waals surface area contributed by atoms with E-state index in [-0.39, 0.29) is 24.2 Å². The number of hydrogen-bond donors (Lipinski definition) is 1. The van der Waals surface area contributed by atoms with Gasteiger partial charge < -0.3 is 9.64 Å². The molecule has 2 saturated heterocycles. The highest BCUT2D eigenvalue weighted by atomic mass is 16.5. The number of carbonyl (C=O) groups excluding carboxylic acids is 3. The molecule has 4 heterocycles. The van der Waals surface area contributed by atoms with Gasteiger partial charge in [0.25, 0.3) is 5.91 Å². The summed E-state index contributed by atoms with van der Waals surface area (Å²) in [5, 5.41) is 10.8. The molecule has 2 atom stereocenters. The van der Waals surface area contributed by atoms with E-state index in [9.17, 15) is 14.4 Å². The second-order valence-electron chi connectivity index (χ2n) is 7.39. The largest absolute Gasteiger partial charge is 0.381 e. The Labute approximate surface area is 160 Å². The molecule has 3 aliphatic heterocycles. The van der Waals surface area contributed by atoms with Crippen molar-refractivity contribution in [2.45, 2.75) is 37.8 Å². The first-order chi connectivity index (χ1) is 13.6. The Hall–Kier alpha value is -3.07. The lowest BCUT2D eigenvalue weighted by Gasteiger charge is -2.29. The number of benzene rings is 1. The highest BCUT2D eigenvalue weighted by Gasteiger charge is 2.39. The van der Waals surface area contributed by atoms with Crippen LogP contribution in [0.1, 0.15) is 46.8 Å². The molecule has 3 aliphatic rings. The van der Waals surface area contributed by atoms with Gasteiger partial charge in [-0.25, -0.2) is 4.68 Å². The van der Waals surface area contributed by atoms with Crippen molar-refractivity contribution in [3.63, 3.8) is 0 Å². The summed E-state index contributed by atoms with van der Waals surface area (Å²) in [5.74, 6) is -0.606. The maximum Gasteiger partial charge on any atom is 0.255 e. The second kappa shape index (κ2) is 6.52. The molecule has 1 aromatic carbocycles. The van der Waals surface area contributed by atoms with E-state index in [1.165, 1.54) is 0 Å². The van der Waals surface area contributed by atoms with Crippen LogP contribution in [0.25, 0.3) is 5.69 Å². The Kier molecular flexibility index (Phi) is 3.97. The van der Waals surface area contributed by atoms with Crippen LogP contribution in [0.4, 0.5) is 0 Å². The van der Waals surface area contributed by atoms with Crippen molar-refractivity contribution in [3.05, 3.63) is 41.2 Å². The maximum absolute atomic E-state index is 12.8. The van der Waals surface area contributed by atoms with Crippen LogP contribution in [0.5, 0.6) is 0 Å². The lowest BCUT2D eigenvalue weighted by molar-refractivity contribution is -0.136. The van der Waals surface area contributed by atoms with Gasteiger partial charge in [0.15, 0.2) is 0 Å². The number of rotatable bonds is 3. The summed E-state index contributed by atoms with van der Waals surface area (Å²) in [6.07, 6.45) is 3.44. The number of piperidine rings is 1. The predicted molar refractivity (Wildman–Crippen MR) is 95.6 cm³/mol. The van der Waals surface area contributed by atoms with Gasteiger partial charge in [0, 0.05) is 31.1 Å². The van der Waals surface area contributed by atoms with E-state index in [1.54, 1.807) is 15.6 Å². The van der Waals surface area contributed by atoms with E-state index in [1.807, 2.05) is 18.3 Å². The first kappa shape index (κ1) is 17.1. The van der Waals surface area contributed by atoms with E-state index in [4.69, 9.17) is 4.74 Å². The highest BCUT2D eigenvalue weighted by molar-refractivity contribution is 6.05. The molecule has 5 rings (SSSR count). The second-order valence-corrected chi connectivity index (χ2v) is 7.39. The van der Waals surface area contributed by atoms with E-state index in [2.05, 4.69) is 15.6 Å². The molecule has 144 valence electrons. The van der Waals surface area contributed by atoms with Crippen molar-refractivity contribution in [1.29, 1.82) is 0 Å². The summed E-state index contributed by atoms with van der Waals surface area (Å²) in [6.45, 7) is 1.75. The Morgan fingerprint density at radius 2 is 2.07 bits per heavy atom. The number of fused-ring (bicyclic) bond motifs is 1. The predicted octanol–water partition coefficient (Wildman–Crippen LogP) is 0.532. The average Bonchev–Trinajstić information content (AvgIpc) is 3.41. The minimum atomic E-state index is -0.610. The lowest BCUT2D eigenvalue weighted by Crippen LogP contribution is -2.52. The molecule has 0 aliphatic carbocycles. The van der Waals surface area contributed by atoms with Crippen LogP contribution in [-0.4, -0.2) is 56.9 Å². The van der Waals surface area contributed by atoms with Gasteiger partial charge in [-0.15, -0.1) is 5.10 Å². The van der Waals surface area contributed by atoms with Crippen molar-refractivity contribution in [3.8, 4) is 5.69 Å². The molecule has 3 amide bonds. The van der Waals surface area contributed by atoms with Crippen molar-refractivity contribution in [1.82, 2.24) is 25.2 Å². The molecular formula is C19H19N5O4. The van der Waals surface area contributed by atoms with Crippen LogP contribution < -0.4 is 5.32 Å². The SMILES string of the molecule is O=C1CCC(N2Cc3cc(-n4cc(C5CCOC5)nn4)ccc3C2=O)C(=O)N1. The fraction of sp³-hybridized carbons (Fsp3) is 0.421. The summed E-state index contributed by atoms with van der Waals surface area (Å²) < 4.78 is 7.11. The molecule has 0 bridgehead atoms. The zero-order valence-electron chi connectivity index (χ0n) is 15.1. The summed E-state index contributed by atoms with van der Waals surface area (Å²) in [7, 11) is 0. The highest BCUT2D eigenvalue weighted by Crippen LogP contribution is 2.29. The third kappa shape index (κ3) is 2.78. The Bertz CT molecular complexity index is 978. The Balaban J connectivity index is 1.38. The van der Waals surface area contributed by atoms with E-state index in [0.29, 0.717) is 25.1 Å². The lowest BCUT2D eigenvalue weighted by atomic mass is 10.0. The summed E-state index contributed by atoms with van der Waals surface area (Å²) in [6, 6.07) is 4.89. The van der Waals surface area contributed by atoms with Crippen LogP contribution in [0.2, 0.25) is 0 Å². The number of hydrogen-bond acceptors (Lipinski definition) is 6. The molecule has 1 aromatic heterocycles. The van der Waals surface area contributed by atoms with E-state index >= 15 is 0 Å². The number of amides is 3. The van der Waals surface area contributed by atoms with Gasteiger partial charge in [-0.1, -0.05) is 5.21 Å². The molecule has 28 heavy (non-hydrogen) atoms. The van der Waals surface area contributed by atoms with Crippen LogP contribution in [0.15, 0.2) is 24.4 Å². The van der Waals surface area contributed by atoms with Gasteiger partial charge >= 0.3 is 0 Å². The van der Waals surface area contributed by atoms with Gasteiger partial charge in [-0.3, -0.25) is 19.7 Å². The van der Waals surface area contributed by atoms with Crippen LogP contribution in [-0.2, 0) is 20.9 Å². The number of nitrogens with zero attached hydrogens (tertiary/aromatic N) is 4. The van der Waals surface area contributed by atoms with Crippen molar-refractivity contribution in [2.75, 3.05) is 13.2 Å². The van der Waals surface area contributed by atoms with Crippen LogP contribution in [0, 0.1) is 0 Å². The standard InChI is InChI=1S/C19H19N5O4/c25-17-4-3-16(18(26)20-17)23-8-12-7-13(1-2-14(12)19(23)27)24-9-15(21-22-24)11-5-6-28-10-11/h1-2,7,9,11,16H,3-6,8,10H2,(H,20,25,26). The molecule has 0 spiro atoms. The fourth-order valence-corrected chi connectivity index (χ4v) is 4.06. The van der Waals surface area contributed by atoms with Crippen molar-refractivity contribution < 1.29 is 19.1 Å². The molecule has 2 fully saturated rings. The number of aromatic nitrogens is 3. The molecule has 2 unspecified atom stereocenters. The normalized spacial score (nSPS) is 24.6. The topological polar surface area (TPSA) is 106 Å². The quantitative estimate of drug-likeness (QED) is 0.778. The van der Waals surface area contributed by atoms with Crippen molar-refractivity contribution in [2.24, 2.45) is 0 Å². The average molecular weight is 381 g/mol. The molecule has 9 heteroatoms. The minimum Gasteiger partial charge on any atom is -0.381 e. The smallest absolute Gasteiger partial charge is 0.255 e. The van der Waals surface area contributed by atoms with Gasteiger partial charge in [0.2, 0.25) is 11.8 Å². The number of imide groups is 1. The molecule has 2 aromatic rings. The summed E-state index contributed by atoms with van der Waals surface area (Å²) >= 11 is 0. The Morgan fingerprint density at radius 1 is 1.18 bits per heavy atom. The first-order valence-corrected chi connectivity index (χ1v) is 9.38. The third-order valence-corrected chi connectivity index (χ3v) is 5.63. The molecular weight excluding hydrogens is 362 g/mol. The zero-order valence-corrected chi connectivity index (χ0v) is 15.1. The zero-order chi connectivity index (χ0) is 19.3. The number of ether oxygens (including phenoxy) is 1. The van der Waals surface area contributed by atoms with Crippen LogP contribution in [0.3, 0.4) is 0 Å². The minimum absolute atomic E-state index is 0.182. The fourth-order valence-electron chi connectivity index (χ4n) is 4.06. The van der Waals surface area contributed by atoms with E-state index < -0.39 is 11.9 Å². The third-order valence-electron chi connectivity index (χ3n) is 5.63. The van der Waals surface area contributed by atoms with Gasteiger partial charge in [-0.2, -0.15) is 0 Å². The van der Waals surface area contributed by atoms with Crippen LogP contribution >= 0.6 is 0 Å². The van der Waals surface area contributed by atoms with E-state index in [0.717, 1.165) is 30.0 Å². The molecule has 0 radical (unpaired) electrons. The number of nitrogens with one attached hydrogen (secondary N) is 1. The summed E-state index contributed by atoms with van der Waals surface area (Å²) in [5.41, 5.74) is 3.14. The van der Waals surface area contributed by atoms with Crippen molar-refractivity contribution >= 4 is 17.7 Å². The van der Waals surface area contributed by atoms with Gasteiger partial charge in [0.05, 0.1) is 24.2 Å². The molecule has 0 saturated carbocycles. The molecule has 9 nitrogen and oxygen atoms in total. The number of carbonyl (C=O) groups is 3. The first-order valence-electron chi connectivity index (χ1n) is 9.38. The monoisotopic (exact) mass is 381 g/mol. The van der Waals surface area contributed by atoms with Gasteiger partial charge in [0.1, 0.15) is 6.04 Å².